The molecular formula is C21H20N2O5. The Morgan fingerprint density at radius 1 is 1.07 bits per heavy atom. The van der Waals surface area contributed by atoms with Crippen LogP contribution in [0.25, 0.3) is 6.08 Å². The summed E-state index contributed by atoms with van der Waals surface area (Å²) in [5.41, 5.74) is 2.00. The smallest absolute Gasteiger partial charge is 0.340 e. The molecule has 2 aromatic rings. The van der Waals surface area contributed by atoms with Gasteiger partial charge in [-0.05, 0) is 44.5 Å². The number of ether oxygens (including phenoxy) is 2. The predicted molar refractivity (Wildman–Crippen MR) is 102 cm³/mol. The van der Waals surface area contributed by atoms with Gasteiger partial charge in [0, 0.05) is 11.4 Å². The second-order valence-corrected chi connectivity index (χ2v) is 5.96. The van der Waals surface area contributed by atoms with Crippen molar-refractivity contribution in [2.75, 3.05) is 13.7 Å². The minimum Gasteiger partial charge on any atom is -0.465 e. The van der Waals surface area contributed by atoms with Crippen molar-refractivity contribution < 1.29 is 23.9 Å². The molecule has 1 aromatic carbocycles. The van der Waals surface area contributed by atoms with E-state index in [1.807, 2.05) is 6.07 Å². The van der Waals surface area contributed by atoms with Crippen LogP contribution in [0.5, 0.6) is 0 Å². The highest BCUT2D eigenvalue weighted by molar-refractivity contribution is 6.19. The topological polar surface area (TPSA) is 109 Å². The average molecular weight is 380 g/mol. The summed E-state index contributed by atoms with van der Waals surface area (Å²) in [6, 6.07) is 8.15. The lowest BCUT2D eigenvalue weighted by molar-refractivity contribution is 0.0522. The molecule has 1 N–H and O–H groups in total. The summed E-state index contributed by atoms with van der Waals surface area (Å²) in [7, 11) is 1.28. The number of nitrogens with zero attached hydrogens (tertiary/aromatic N) is 1. The van der Waals surface area contributed by atoms with Crippen LogP contribution < -0.4 is 0 Å². The molecule has 0 unspecified atom stereocenters. The molecule has 2 rings (SSSR count). The average Bonchev–Trinajstić information content (AvgIpc) is 2.99. The van der Waals surface area contributed by atoms with E-state index >= 15 is 0 Å². The first-order chi connectivity index (χ1) is 13.3. The summed E-state index contributed by atoms with van der Waals surface area (Å²) in [6.45, 7) is 5.16. The number of benzene rings is 1. The number of nitriles is 1. The van der Waals surface area contributed by atoms with Gasteiger partial charge in [0.15, 0.2) is 0 Å². The molecular weight excluding hydrogens is 360 g/mol. The van der Waals surface area contributed by atoms with Crippen molar-refractivity contribution in [3.05, 3.63) is 63.5 Å². The summed E-state index contributed by atoms with van der Waals surface area (Å²) >= 11 is 0. The SMILES string of the molecule is CCOC(=O)c1c(C)[nH]c(C)c1C(=O)C(C#N)=Cc1ccc(C(=O)OC)cc1. The van der Waals surface area contributed by atoms with Gasteiger partial charge >= 0.3 is 11.9 Å². The molecule has 7 nitrogen and oxygen atoms in total. The molecule has 0 radical (unpaired) electrons. The van der Waals surface area contributed by atoms with Crippen molar-refractivity contribution in [3.8, 4) is 6.07 Å². The fourth-order valence-electron chi connectivity index (χ4n) is 2.81. The first-order valence-corrected chi connectivity index (χ1v) is 8.55. The molecule has 0 aliphatic carbocycles. The number of H-pyrrole nitrogens is 1. The Morgan fingerprint density at radius 3 is 2.21 bits per heavy atom. The molecule has 0 atom stereocenters. The summed E-state index contributed by atoms with van der Waals surface area (Å²) in [6.07, 6.45) is 1.40. The van der Waals surface area contributed by atoms with Gasteiger partial charge in [0.05, 0.1) is 30.4 Å². The van der Waals surface area contributed by atoms with Gasteiger partial charge in [-0.1, -0.05) is 12.1 Å². The molecule has 7 heteroatoms. The maximum absolute atomic E-state index is 13.0. The van der Waals surface area contributed by atoms with E-state index in [1.54, 1.807) is 32.9 Å². The van der Waals surface area contributed by atoms with Crippen LogP contribution in [0.4, 0.5) is 0 Å². The van der Waals surface area contributed by atoms with Gasteiger partial charge in [-0.3, -0.25) is 4.79 Å². The van der Waals surface area contributed by atoms with Crippen LogP contribution in [0.1, 0.15) is 54.9 Å². The molecule has 0 fully saturated rings. The Hall–Kier alpha value is -3.66. The van der Waals surface area contributed by atoms with E-state index in [1.165, 1.54) is 25.3 Å². The number of carbonyl (C=O) groups is 3. The molecule has 0 saturated carbocycles. The quantitative estimate of drug-likeness (QED) is 0.356. The number of Topliss-reactive ketones (excluding diaryl/α,β-unsaturated/α-hetero) is 1. The Labute approximate surface area is 162 Å². The molecule has 1 heterocycles. The van der Waals surface area contributed by atoms with Crippen molar-refractivity contribution in [3.63, 3.8) is 0 Å². The zero-order valence-electron chi connectivity index (χ0n) is 16.1. The van der Waals surface area contributed by atoms with E-state index in [0.717, 1.165) is 0 Å². The van der Waals surface area contributed by atoms with E-state index in [4.69, 9.17) is 4.74 Å². The minimum absolute atomic E-state index is 0.120. The number of carbonyl (C=O) groups excluding carboxylic acids is 3. The Kier molecular flexibility index (Phi) is 6.51. The highest BCUT2D eigenvalue weighted by Gasteiger charge is 2.27. The number of aromatic amines is 1. The second-order valence-electron chi connectivity index (χ2n) is 5.96. The number of aromatic nitrogens is 1. The highest BCUT2D eigenvalue weighted by atomic mass is 16.5. The number of aryl methyl sites for hydroxylation is 2. The van der Waals surface area contributed by atoms with Crippen molar-refractivity contribution in [2.24, 2.45) is 0 Å². The van der Waals surface area contributed by atoms with Gasteiger partial charge in [0.2, 0.25) is 5.78 Å². The van der Waals surface area contributed by atoms with Gasteiger partial charge in [0.25, 0.3) is 0 Å². The van der Waals surface area contributed by atoms with Gasteiger partial charge in [-0.15, -0.1) is 0 Å². The number of allylic oxidation sites excluding steroid dienone is 1. The molecule has 0 bridgehead atoms. The first-order valence-electron chi connectivity index (χ1n) is 8.55. The summed E-state index contributed by atoms with van der Waals surface area (Å²) in [4.78, 5) is 39.7. The summed E-state index contributed by atoms with van der Waals surface area (Å²) < 4.78 is 9.67. The first kappa shape index (κ1) is 20.6. The number of hydrogen-bond donors (Lipinski definition) is 1. The molecule has 28 heavy (non-hydrogen) atoms. The number of hydrogen-bond acceptors (Lipinski definition) is 6. The van der Waals surface area contributed by atoms with Crippen molar-refractivity contribution >= 4 is 23.8 Å². The normalized spacial score (nSPS) is 10.9. The van der Waals surface area contributed by atoms with Crippen LogP contribution in [0.2, 0.25) is 0 Å². The highest BCUT2D eigenvalue weighted by Crippen LogP contribution is 2.23. The summed E-state index contributed by atoms with van der Waals surface area (Å²) in [5, 5.41) is 9.49. The third-order valence-electron chi connectivity index (χ3n) is 4.09. The van der Waals surface area contributed by atoms with Gasteiger partial charge < -0.3 is 14.5 Å². The van der Waals surface area contributed by atoms with Crippen LogP contribution >= 0.6 is 0 Å². The van der Waals surface area contributed by atoms with E-state index < -0.39 is 17.7 Å². The maximum Gasteiger partial charge on any atom is 0.340 e. The molecule has 0 aliphatic rings. The van der Waals surface area contributed by atoms with E-state index in [0.29, 0.717) is 22.5 Å². The zero-order valence-corrected chi connectivity index (χ0v) is 16.1. The zero-order chi connectivity index (χ0) is 20.8. The lowest BCUT2D eigenvalue weighted by Crippen LogP contribution is -2.13. The Bertz CT molecular complexity index is 991. The largest absolute Gasteiger partial charge is 0.465 e. The number of methoxy groups -OCH3 is 1. The lowest BCUT2D eigenvalue weighted by atomic mass is 9.97. The molecule has 1 aromatic heterocycles. The molecule has 144 valence electrons. The maximum atomic E-state index is 13.0. The number of ketones is 1. The van der Waals surface area contributed by atoms with Gasteiger partial charge in [0.1, 0.15) is 11.6 Å². The molecule has 0 spiro atoms. The molecule has 0 amide bonds. The van der Waals surface area contributed by atoms with E-state index in [9.17, 15) is 19.6 Å². The Balaban J connectivity index is 2.44. The Morgan fingerprint density at radius 2 is 1.68 bits per heavy atom. The molecule has 0 aliphatic heterocycles. The third-order valence-corrected chi connectivity index (χ3v) is 4.09. The van der Waals surface area contributed by atoms with Crippen molar-refractivity contribution in [1.29, 1.82) is 5.26 Å². The fourth-order valence-corrected chi connectivity index (χ4v) is 2.81. The standard InChI is InChI=1S/C21H20N2O5/c1-5-28-21(26)18-13(3)23-12(2)17(18)19(24)16(11-22)10-14-6-8-15(9-7-14)20(25)27-4/h6-10,23H,5H2,1-4H3. The monoisotopic (exact) mass is 380 g/mol. The second kappa shape index (κ2) is 8.82. The minimum atomic E-state index is -0.618. The van der Waals surface area contributed by atoms with Crippen LogP contribution in [0, 0.1) is 25.2 Å². The number of rotatable bonds is 6. The predicted octanol–water partition coefficient (Wildman–Crippen LogP) is 3.38. The number of nitrogens with one attached hydrogen (secondary N) is 1. The van der Waals surface area contributed by atoms with Crippen LogP contribution in [0.3, 0.4) is 0 Å². The van der Waals surface area contributed by atoms with Crippen LogP contribution in [-0.4, -0.2) is 36.4 Å². The van der Waals surface area contributed by atoms with Gasteiger partial charge in [-0.2, -0.15) is 5.26 Å². The van der Waals surface area contributed by atoms with E-state index in [2.05, 4.69) is 9.72 Å². The van der Waals surface area contributed by atoms with Crippen LogP contribution in [-0.2, 0) is 9.47 Å². The third kappa shape index (κ3) is 4.18. The van der Waals surface area contributed by atoms with Crippen molar-refractivity contribution in [1.82, 2.24) is 4.98 Å². The number of esters is 2. The summed E-state index contributed by atoms with van der Waals surface area (Å²) in [5.74, 6) is -1.68. The van der Waals surface area contributed by atoms with Crippen LogP contribution in [0.15, 0.2) is 29.8 Å². The van der Waals surface area contributed by atoms with E-state index in [-0.39, 0.29) is 23.3 Å². The molecule has 0 saturated heterocycles. The lowest BCUT2D eigenvalue weighted by Gasteiger charge is -2.05. The fraction of sp³-hybridized carbons (Fsp3) is 0.238. The van der Waals surface area contributed by atoms with Crippen molar-refractivity contribution in [2.45, 2.75) is 20.8 Å². The van der Waals surface area contributed by atoms with Gasteiger partial charge in [-0.25, -0.2) is 9.59 Å².